The van der Waals surface area contributed by atoms with Gasteiger partial charge in [0.15, 0.2) is 0 Å². The summed E-state index contributed by atoms with van der Waals surface area (Å²) >= 11 is 0. The van der Waals surface area contributed by atoms with Crippen LogP contribution in [0.1, 0.15) is 49.1 Å². The minimum Gasteiger partial charge on any atom is -0.351 e. The summed E-state index contributed by atoms with van der Waals surface area (Å²) in [6, 6.07) is 12.6. The summed E-state index contributed by atoms with van der Waals surface area (Å²) in [5, 5.41) is 7.63. The normalized spacial score (nSPS) is 15.5. The van der Waals surface area contributed by atoms with E-state index in [1.54, 1.807) is 12.1 Å². The molecular weight excluding hydrogens is 438 g/mol. The quantitative estimate of drug-likeness (QED) is 0.548. The second kappa shape index (κ2) is 9.90. The number of amides is 1. The second-order valence-corrected chi connectivity index (χ2v) is 11.0. The number of carbonyl (C=O) groups is 1. The summed E-state index contributed by atoms with van der Waals surface area (Å²) in [5.74, 6) is -0.0128. The molecule has 1 fully saturated rings. The standard InChI is InChI=1S/C21H27N3O5S2/c22-30(26,27)19-10-6-16(7-11-19)14-23-21(25)15-24-31(28,29)20-12-8-18(9-13-20)17-4-2-1-3-5-17/h6-13,17,24H,1-5,14-15H2,(H,23,25)(H2,22,26,27). The number of sulfonamides is 2. The van der Waals surface area contributed by atoms with Gasteiger partial charge in [0.05, 0.1) is 16.3 Å². The van der Waals surface area contributed by atoms with E-state index in [1.165, 1.54) is 43.5 Å². The third-order valence-electron chi connectivity index (χ3n) is 5.43. The van der Waals surface area contributed by atoms with Gasteiger partial charge in [-0.1, -0.05) is 43.5 Å². The molecule has 0 bridgehead atoms. The van der Waals surface area contributed by atoms with Gasteiger partial charge < -0.3 is 5.32 Å². The highest BCUT2D eigenvalue weighted by Gasteiger charge is 2.19. The monoisotopic (exact) mass is 465 g/mol. The number of nitrogens with two attached hydrogens (primary N) is 1. The molecule has 8 nitrogen and oxygen atoms in total. The Kier molecular flexibility index (Phi) is 7.47. The molecule has 0 aliphatic heterocycles. The van der Waals surface area contributed by atoms with Crippen LogP contribution in [-0.4, -0.2) is 29.3 Å². The van der Waals surface area contributed by atoms with Gasteiger partial charge in [0, 0.05) is 6.54 Å². The van der Waals surface area contributed by atoms with Gasteiger partial charge in [-0.25, -0.2) is 26.7 Å². The van der Waals surface area contributed by atoms with Crippen molar-refractivity contribution < 1.29 is 21.6 Å². The van der Waals surface area contributed by atoms with Gasteiger partial charge in [0.2, 0.25) is 26.0 Å². The van der Waals surface area contributed by atoms with Crippen LogP contribution < -0.4 is 15.2 Å². The molecule has 0 atom stereocenters. The number of rotatable bonds is 8. The first-order valence-electron chi connectivity index (χ1n) is 10.1. The van der Waals surface area contributed by atoms with Crippen molar-refractivity contribution >= 4 is 26.0 Å². The van der Waals surface area contributed by atoms with Crippen LogP contribution in [0, 0.1) is 0 Å². The molecule has 1 amide bonds. The van der Waals surface area contributed by atoms with Crippen molar-refractivity contribution in [1.29, 1.82) is 0 Å². The molecule has 0 saturated heterocycles. The van der Waals surface area contributed by atoms with Crippen LogP contribution in [0.4, 0.5) is 0 Å². The first kappa shape index (κ1) is 23.4. The van der Waals surface area contributed by atoms with E-state index < -0.39 is 32.5 Å². The van der Waals surface area contributed by atoms with Crippen LogP contribution in [0.3, 0.4) is 0 Å². The maximum atomic E-state index is 12.5. The minimum atomic E-state index is -3.80. The minimum absolute atomic E-state index is 0.0233. The lowest BCUT2D eigenvalue weighted by Gasteiger charge is -2.22. The first-order chi connectivity index (χ1) is 14.6. The van der Waals surface area contributed by atoms with Gasteiger partial charge in [0.25, 0.3) is 0 Å². The predicted octanol–water partition coefficient (Wildman–Crippen LogP) is 1.98. The number of nitrogens with one attached hydrogen (secondary N) is 2. The molecule has 2 aromatic carbocycles. The van der Waals surface area contributed by atoms with E-state index in [9.17, 15) is 21.6 Å². The van der Waals surface area contributed by atoms with Crippen LogP contribution in [-0.2, 0) is 31.4 Å². The lowest BCUT2D eigenvalue weighted by atomic mass is 9.84. The van der Waals surface area contributed by atoms with Crippen molar-refractivity contribution in [1.82, 2.24) is 10.0 Å². The van der Waals surface area contributed by atoms with Gasteiger partial charge in [-0.2, -0.15) is 0 Å². The Bertz CT molecular complexity index is 1110. The van der Waals surface area contributed by atoms with Crippen LogP contribution in [0.15, 0.2) is 58.3 Å². The van der Waals surface area contributed by atoms with Crippen LogP contribution in [0.5, 0.6) is 0 Å². The van der Waals surface area contributed by atoms with Crippen molar-refractivity contribution in [3.63, 3.8) is 0 Å². The second-order valence-electron chi connectivity index (χ2n) is 7.69. The molecule has 2 aromatic rings. The molecule has 1 aliphatic rings. The van der Waals surface area contributed by atoms with Crippen molar-refractivity contribution in [2.45, 2.75) is 54.4 Å². The van der Waals surface area contributed by atoms with E-state index in [0.29, 0.717) is 11.5 Å². The highest BCUT2D eigenvalue weighted by molar-refractivity contribution is 7.89. The SMILES string of the molecule is NS(=O)(=O)c1ccc(CNC(=O)CNS(=O)(=O)c2ccc(C3CCCCC3)cc2)cc1. The lowest BCUT2D eigenvalue weighted by molar-refractivity contribution is -0.120. The molecule has 0 aromatic heterocycles. The summed E-state index contributed by atoms with van der Waals surface area (Å²) in [7, 11) is -7.57. The van der Waals surface area contributed by atoms with Crippen LogP contribution in [0.2, 0.25) is 0 Å². The third kappa shape index (κ3) is 6.60. The van der Waals surface area contributed by atoms with Gasteiger partial charge in [-0.3, -0.25) is 4.79 Å². The fourth-order valence-corrected chi connectivity index (χ4v) is 5.16. The summed E-state index contributed by atoms with van der Waals surface area (Å²) < 4.78 is 49.7. The van der Waals surface area contributed by atoms with Gasteiger partial charge in [0.1, 0.15) is 0 Å². The molecule has 3 rings (SSSR count). The Morgan fingerprint density at radius 1 is 0.871 bits per heavy atom. The van der Waals surface area contributed by atoms with Crippen LogP contribution in [0.25, 0.3) is 0 Å². The van der Waals surface area contributed by atoms with E-state index >= 15 is 0 Å². The maximum Gasteiger partial charge on any atom is 0.241 e. The summed E-state index contributed by atoms with van der Waals surface area (Å²) in [6.45, 7) is -0.274. The van der Waals surface area contributed by atoms with E-state index in [-0.39, 0.29) is 16.3 Å². The van der Waals surface area contributed by atoms with Gasteiger partial charge in [-0.05, 0) is 54.2 Å². The van der Waals surface area contributed by atoms with E-state index in [1.807, 2.05) is 12.1 Å². The fraction of sp³-hybridized carbons (Fsp3) is 0.381. The molecule has 0 heterocycles. The zero-order valence-electron chi connectivity index (χ0n) is 17.1. The topological polar surface area (TPSA) is 135 Å². The fourth-order valence-electron chi connectivity index (χ4n) is 3.66. The number of benzene rings is 2. The van der Waals surface area contributed by atoms with Gasteiger partial charge in [-0.15, -0.1) is 0 Å². The summed E-state index contributed by atoms with van der Waals surface area (Å²) in [4.78, 5) is 12.1. The molecule has 1 aliphatic carbocycles. The number of carbonyl (C=O) groups excluding carboxylic acids is 1. The molecule has 0 radical (unpaired) electrons. The maximum absolute atomic E-state index is 12.5. The zero-order valence-corrected chi connectivity index (χ0v) is 18.7. The molecule has 4 N–H and O–H groups in total. The number of hydrogen-bond acceptors (Lipinski definition) is 5. The zero-order chi connectivity index (χ0) is 22.5. The molecule has 0 spiro atoms. The summed E-state index contributed by atoms with van der Waals surface area (Å²) in [5.41, 5.74) is 1.81. The van der Waals surface area contributed by atoms with E-state index in [0.717, 1.165) is 18.4 Å². The van der Waals surface area contributed by atoms with Crippen LogP contribution >= 0.6 is 0 Å². The van der Waals surface area contributed by atoms with Crippen molar-refractivity contribution in [2.75, 3.05) is 6.54 Å². The first-order valence-corrected chi connectivity index (χ1v) is 13.2. The molecule has 0 unspecified atom stereocenters. The average Bonchev–Trinajstić information content (AvgIpc) is 2.77. The lowest BCUT2D eigenvalue weighted by Crippen LogP contribution is -2.36. The Morgan fingerprint density at radius 2 is 1.45 bits per heavy atom. The molecule has 1 saturated carbocycles. The summed E-state index contributed by atoms with van der Waals surface area (Å²) in [6.07, 6.45) is 5.94. The highest BCUT2D eigenvalue weighted by atomic mass is 32.2. The van der Waals surface area contributed by atoms with E-state index in [4.69, 9.17) is 5.14 Å². The van der Waals surface area contributed by atoms with E-state index in [2.05, 4.69) is 10.0 Å². The molecule has 10 heteroatoms. The Morgan fingerprint density at radius 3 is 2.03 bits per heavy atom. The smallest absolute Gasteiger partial charge is 0.241 e. The van der Waals surface area contributed by atoms with Crippen molar-refractivity contribution in [3.8, 4) is 0 Å². The highest BCUT2D eigenvalue weighted by Crippen LogP contribution is 2.32. The molecule has 31 heavy (non-hydrogen) atoms. The average molecular weight is 466 g/mol. The Hall–Kier alpha value is -2.27. The number of primary sulfonamides is 1. The predicted molar refractivity (Wildman–Crippen MR) is 117 cm³/mol. The Balaban J connectivity index is 1.50. The largest absolute Gasteiger partial charge is 0.351 e. The molecular formula is C21H27N3O5S2. The Labute approximate surface area is 183 Å². The van der Waals surface area contributed by atoms with Gasteiger partial charge >= 0.3 is 0 Å². The molecule has 168 valence electrons. The van der Waals surface area contributed by atoms with Crippen molar-refractivity contribution in [3.05, 3.63) is 59.7 Å². The number of hydrogen-bond donors (Lipinski definition) is 3. The third-order valence-corrected chi connectivity index (χ3v) is 7.78. The van der Waals surface area contributed by atoms with Crippen molar-refractivity contribution in [2.24, 2.45) is 5.14 Å².